The monoisotopic (exact) mass is 1030 g/mol. The summed E-state index contributed by atoms with van der Waals surface area (Å²) < 4.78 is 17.6. The Kier molecular flexibility index (Phi) is 47.0. The lowest BCUT2D eigenvalue weighted by Gasteiger charge is -2.41. The first-order chi connectivity index (χ1) is 35.7. The molecule has 6 N–H and O–H groups in total. The van der Waals surface area contributed by atoms with Crippen LogP contribution in [0.2, 0.25) is 0 Å². The molecule has 0 aromatic rings. The normalized spacial score (nSPS) is 19.8. The van der Waals surface area contributed by atoms with Gasteiger partial charge in [-0.2, -0.15) is 0 Å². The van der Waals surface area contributed by atoms with Crippen LogP contribution in [0.15, 0.2) is 60.8 Å². The SMILES string of the molecule is CC/C=C/C=C/C=C/CCCCCCCCC(O)C(=O)NC(COC1OC(CO)C(O)C(O)C1OC(=O)CCCCCCCCC/C=C/CCCCCCCC)C(O)/C=C/CCCCCCCCCCCCC. The van der Waals surface area contributed by atoms with Gasteiger partial charge < -0.3 is 45.1 Å². The number of hydrogen-bond acceptors (Lipinski definition) is 10. The third-order valence-corrected chi connectivity index (χ3v) is 14.0. The fraction of sp³-hybridized carbons (Fsp3) is 0.806. The second-order valence-corrected chi connectivity index (χ2v) is 20.8. The standard InChI is InChI=1S/C62H111NO10/c1-4-7-10-13-16-19-22-25-27-28-29-32-35-38-41-44-47-50-57(67)73-60-59(69)58(68)56(51-64)72-62(60)71-52-53(54(65)48-45-42-39-36-33-30-24-21-18-15-12-9-6-3)63-61(70)55(66)49-46-43-40-37-34-31-26-23-20-17-14-11-8-5-2/h8,11,14,17,20,23,25,27,45,48,53-56,58-60,62,64-66,68-69H,4-7,9-10,12-13,15-16,18-19,21-22,24,26,28-44,46-47,49-52H2,1-3H3,(H,63,70)/b11-8+,17-14+,23-20+,27-25+,48-45+. The quantitative estimate of drug-likeness (QED) is 0.0149. The molecule has 0 saturated carbocycles. The Morgan fingerprint density at radius 1 is 0.548 bits per heavy atom. The first kappa shape index (κ1) is 68.4. The van der Waals surface area contributed by atoms with Crippen molar-refractivity contribution in [1.29, 1.82) is 0 Å². The second kappa shape index (κ2) is 50.2. The van der Waals surface area contributed by atoms with E-state index in [0.717, 1.165) is 96.3 Å². The van der Waals surface area contributed by atoms with Crippen molar-refractivity contribution >= 4 is 11.9 Å². The number of aliphatic hydroxyl groups is 5. The lowest BCUT2D eigenvalue weighted by molar-refractivity contribution is -0.305. The largest absolute Gasteiger partial charge is 0.454 e. The van der Waals surface area contributed by atoms with Gasteiger partial charge in [0.05, 0.1) is 25.4 Å². The van der Waals surface area contributed by atoms with Gasteiger partial charge in [-0.05, 0) is 70.6 Å². The summed E-state index contributed by atoms with van der Waals surface area (Å²) in [6.45, 7) is 5.65. The highest BCUT2D eigenvalue weighted by Crippen LogP contribution is 2.26. The van der Waals surface area contributed by atoms with Crippen molar-refractivity contribution in [3.63, 3.8) is 0 Å². The van der Waals surface area contributed by atoms with Crippen molar-refractivity contribution in [2.75, 3.05) is 13.2 Å². The van der Waals surface area contributed by atoms with Crippen molar-refractivity contribution in [2.24, 2.45) is 0 Å². The van der Waals surface area contributed by atoms with Crippen LogP contribution in [0.1, 0.15) is 258 Å². The van der Waals surface area contributed by atoms with Gasteiger partial charge in [-0.1, -0.05) is 242 Å². The molecule has 0 spiro atoms. The van der Waals surface area contributed by atoms with E-state index in [1.165, 1.54) is 116 Å². The maximum Gasteiger partial charge on any atom is 0.306 e. The summed E-state index contributed by atoms with van der Waals surface area (Å²) in [5.74, 6) is -1.21. The number of ether oxygens (including phenoxy) is 3. The van der Waals surface area contributed by atoms with Crippen LogP contribution in [0.3, 0.4) is 0 Å². The summed E-state index contributed by atoms with van der Waals surface area (Å²) in [7, 11) is 0. The molecule has 1 amide bonds. The van der Waals surface area contributed by atoms with E-state index in [-0.39, 0.29) is 19.4 Å². The highest BCUT2D eigenvalue weighted by Gasteiger charge is 2.47. The molecular weight excluding hydrogens is 919 g/mol. The van der Waals surface area contributed by atoms with Crippen LogP contribution in [0, 0.1) is 0 Å². The molecule has 11 heteroatoms. The Bertz CT molecular complexity index is 1420. The average molecular weight is 1030 g/mol. The van der Waals surface area contributed by atoms with Crippen molar-refractivity contribution < 1.29 is 49.3 Å². The zero-order valence-electron chi connectivity index (χ0n) is 46.7. The average Bonchev–Trinajstić information content (AvgIpc) is 3.39. The van der Waals surface area contributed by atoms with Gasteiger partial charge in [-0.15, -0.1) is 0 Å². The van der Waals surface area contributed by atoms with Crippen molar-refractivity contribution in [3.05, 3.63) is 60.8 Å². The smallest absolute Gasteiger partial charge is 0.306 e. The number of esters is 1. The molecule has 424 valence electrons. The van der Waals surface area contributed by atoms with Crippen LogP contribution in [-0.4, -0.2) is 99.6 Å². The predicted octanol–water partition coefficient (Wildman–Crippen LogP) is 13.8. The van der Waals surface area contributed by atoms with Gasteiger partial charge in [0.15, 0.2) is 12.4 Å². The highest BCUT2D eigenvalue weighted by atomic mass is 16.7. The second-order valence-electron chi connectivity index (χ2n) is 20.8. The van der Waals surface area contributed by atoms with Gasteiger partial charge in [0.1, 0.15) is 24.4 Å². The first-order valence-electron chi connectivity index (χ1n) is 30.1. The van der Waals surface area contributed by atoms with Crippen molar-refractivity contribution in [1.82, 2.24) is 5.32 Å². The third kappa shape index (κ3) is 38.5. The minimum atomic E-state index is -1.62. The van der Waals surface area contributed by atoms with E-state index in [9.17, 15) is 35.1 Å². The maximum absolute atomic E-state index is 13.4. The molecule has 0 aromatic heterocycles. The van der Waals surface area contributed by atoms with E-state index in [1.807, 2.05) is 18.2 Å². The molecule has 1 aliphatic heterocycles. The Morgan fingerprint density at radius 2 is 1.00 bits per heavy atom. The van der Waals surface area contributed by atoms with Crippen molar-refractivity contribution in [3.8, 4) is 0 Å². The van der Waals surface area contributed by atoms with E-state index in [0.29, 0.717) is 12.8 Å². The van der Waals surface area contributed by atoms with Crippen LogP contribution < -0.4 is 5.32 Å². The number of nitrogens with one attached hydrogen (secondary N) is 1. The number of amides is 1. The molecular formula is C62H111NO10. The summed E-state index contributed by atoms with van der Waals surface area (Å²) in [6.07, 6.45) is 51.1. The number of carbonyl (C=O) groups excluding carboxylic acids is 2. The predicted molar refractivity (Wildman–Crippen MR) is 301 cm³/mol. The Labute approximate surface area is 446 Å². The molecule has 1 heterocycles. The van der Waals surface area contributed by atoms with E-state index >= 15 is 0 Å². The number of hydrogen-bond donors (Lipinski definition) is 6. The molecule has 11 nitrogen and oxygen atoms in total. The number of allylic oxidation sites excluding steroid dienone is 9. The molecule has 0 bridgehead atoms. The fourth-order valence-corrected chi connectivity index (χ4v) is 9.18. The topological polar surface area (TPSA) is 175 Å². The summed E-state index contributed by atoms with van der Waals surface area (Å²) >= 11 is 0. The molecule has 1 saturated heterocycles. The molecule has 0 radical (unpaired) electrons. The van der Waals surface area contributed by atoms with E-state index in [2.05, 4.69) is 62.5 Å². The molecule has 1 fully saturated rings. The minimum absolute atomic E-state index is 0.116. The third-order valence-electron chi connectivity index (χ3n) is 14.0. The van der Waals surface area contributed by atoms with Crippen LogP contribution in [0.4, 0.5) is 0 Å². The Morgan fingerprint density at radius 3 is 1.51 bits per heavy atom. The van der Waals surface area contributed by atoms with E-state index in [4.69, 9.17) is 14.2 Å². The number of unbranched alkanes of at least 4 members (excludes halogenated alkanes) is 30. The molecule has 8 unspecified atom stereocenters. The first-order valence-corrected chi connectivity index (χ1v) is 30.1. The van der Waals surface area contributed by atoms with Crippen LogP contribution in [-0.2, 0) is 23.8 Å². The highest BCUT2D eigenvalue weighted by molar-refractivity contribution is 5.80. The van der Waals surface area contributed by atoms with Crippen molar-refractivity contribution in [2.45, 2.75) is 307 Å². The summed E-state index contributed by atoms with van der Waals surface area (Å²) in [6, 6.07) is -1.03. The van der Waals surface area contributed by atoms with Gasteiger partial charge >= 0.3 is 5.97 Å². The molecule has 73 heavy (non-hydrogen) atoms. The number of carbonyl (C=O) groups is 2. The molecule has 1 rings (SSSR count). The van der Waals surface area contributed by atoms with Gasteiger partial charge in [-0.25, -0.2) is 0 Å². The number of aliphatic hydroxyl groups excluding tert-OH is 5. The van der Waals surface area contributed by atoms with Crippen LogP contribution in [0.5, 0.6) is 0 Å². The van der Waals surface area contributed by atoms with Gasteiger partial charge in [0.2, 0.25) is 5.91 Å². The van der Waals surface area contributed by atoms with Gasteiger partial charge in [-0.3, -0.25) is 9.59 Å². The summed E-state index contributed by atoms with van der Waals surface area (Å²) in [4.78, 5) is 26.5. The minimum Gasteiger partial charge on any atom is -0.454 e. The Balaban J connectivity index is 2.72. The molecule has 1 aliphatic rings. The lowest BCUT2D eigenvalue weighted by Crippen LogP contribution is -2.61. The molecule has 8 atom stereocenters. The fourth-order valence-electron chi connectivity index (χ4n) is 9.18. The van der Waals surface area contributed by atoms with Gasteiger partial charge in [0.25, 0.3) is 0 Å². The van der Waals surface area contributed by atoms with Crippen LogP contribution in [0.25, 0.3) is 0 Å². The van der Waals surface area contributed by atoms with E-state index < -0.39 is 67.4 Å². The molecule has 0 aromatic carbocycles. The Hall–Kier alpha value is -2.64. The lowest BCUT2D eigenvalue weighted by atomic mass is 9.99. The zero-order valence-corrected chi connectivity index (χ0v) is 46.7. The summed E-state index contributed by atoms with van der Waals surface area (Å²) in [5, 5.41) is 56.9. The van der Waals surface area contributed by atoms with E-state index in [1.54, 1.807) is 6.08 Å². The molecule has 0 aliphatic carbocycles. The zero-order chi connectivity index (χ0) is 53.3. The van der Waals surface area contributed by atoms with Gasteiger partial charge in [0, 0.05) is 6.42 Å². The maximum atomic E-state index is 13.4. The summed E-state index contributed by atoms with van der Waals surface area (Å²) in [5.41, 5.74) is 0. The number of rotatable bonds is 50. The van der Waals surface area contributed by atoms with Crippen LogP contribution >= 0.6 is 0 Å².